The van der Waals surface area contributed by atoms with E-state index in [0.717, 1.165) is 23.2 Å². The fourth-order valence-corrected chi connectivity index (χ4v) is 2.97. The fraction of sp³-hybridized carbons (Fsp3) is 0.462. The number of nitrogens with zero attached hydrogens (tertiary/aromatic N) is 1. The minimum absolute atomic E-state index is 0.0596. The van der Waals surface area contributed by atoms with E-state index in [9.17, 15) is 17.6 Å². The minimum atomic E-state index is -3.96. The van der Waals surface area contributed by atoms with Crippen LogP contribution in [0.2, 0.25) is 0 Å². The van der Waals surface area contributed by atoms with Crippen LogP contribution in [0.3, 0.4) is 0 Å². The van der Waals surface area contributed by atoms with Gasteiger partial charge in [0.2, 0.25) is 15.9 Å². The molecule has 2 rings (SSSR count). The lowest BCUT2D eigenvalue weighted by molar-refractivity contribution is -0.121. The van der Waals surface area contributed by atoms with Crippen LogP contribution in [0.25, 0.3) is 0 Å². The maximum atomic E-state index is 13.6. The van der Waals surface area contributed by atoms with Crippen LogP contribution in [-0.2, 0) is 14.8 Å². The molecule has 8 heteroatoms. The van der Waals surface area contributed by atoms with Gasteiger partial charge in [0.25, 0.3) is 0 Å². The van der Waals surface area contributed by atoms with Crippen LogP contribution in [0, 0.1) is 12.7 Å². The molecule has 0 aromatic heterocycles. The second kappa shape index (κ2) is 5.61. The fourth-order valence-electron chi connectivity index (χ4n) is 1.79. The van der Waals surface area contributed by atoms with Crippen LogP contribution < -0.4 is 11.1 Å². The van der Waals surface area contributed by atoms with Crippen LogP contribution in [0.4, 0.5) is 10.1 Å². The highest BCUT2D eigenvalue weighted by atomic mass is 32.2. The summed E-state index contributed by atoms with van der Waals surface area (Å²) in [4.78, 5) is 11.4. The number of carbonyl (C=O) groups excluding carboxylic acids is 1. The van der Waals surface area contributed by atoms with E-state index in [4.69, 9.17) is 5.73 Å². The number of rotatable bonds is 5. The largest absolute Gasteiger partial charge is 0.398 e. The molecular formula is C13H18FN3O3S. The third-order valence-electron chi connectivity index (χ3n) is 3.37. The molecule has 0 heterocycles. The Morgan fingerprint density at radius 2 is 2.10 bits per heavy atom. The van der Waals surface area contributed by atoms with Crippen LogP contribution in [0.1, 0.15) is 18.4 Å². The summed E-state index contributed by atoms with van der Waals surface area (Å²) in [5.74, 6) is -1.06. The monoisotopic (exact) mass is 315 g/mol. The SMILES string of the molecule is Cc1c(N)cc(S(=O)(=O)N(C)CC(=O)NC2CC2)cc1F. The number of hydrogen-bond donors (Lipinski definition) is 2. The highest BCUT2D eigenvalue weighted by Crippen LogP contribution is 2.23. The highest BCUT2D eigenvalue weighted by molar-refractivity contribution is 7.89. The standard InChI is InChI=1S/C13H18FN3O3S/c1-8-11(14)5-10(6-12(8)15)21(19,20)17(2)7-13(18)16-9-3-4-9/h5-6,9H,3-4,7,15H2,1-2H3,(H,16,18). The van der Waals surface area contributed by atoms with Gasteiger partial charge in [-0.05, 0) is 31.9 Å². The lowest BCUT2D eigenvalue weighted by Crippen LogP contribution is -2.39. The first-order valence-electron chi connectivity index (χ1n) is 6.53. The Kier molecular flexibility index (Phi) is 4.20. The van der Waals surface area contributed by atoms with E-state index in [1.54, 1.807) is 0 Å². The topological polar surface area (TPSA) is 92.5 Å². The summed E-state index contributed by atoms with van der Waals surface area (Å²) >= 11 is 0. The maximum absolute atomic E-state index is 13.6. The molecule has 116 valence electrons. The first-order valence-corrected chi connectivity index (χ1v) is 7.97. The van der Waals surface area contributed by atoms with Crippen LogP contribution >= 0.6 is 0 Å². The van der Waals surface area contributed by atoms with E-state index in [1.165, 1.54) is 20.0 Å². The predicted molar refractivity (Wildman–Crippen MR) is 76.5 cm³/mol. The van der Waals surface area contributed by atoms with Crippen molar-refractivity contribution in [3.63, 3.8) is 0 Å². The molecule has 1 aromatic carbocycles. The molecule has 0 unspecified atom stereocenters. The van der Waals surface area contributed by atoms with E-state index in [2.05, 4.69) is 5.32 Å². The molecule has 1 fully saturated rings. The zero-order valence-corrected chi connectivity index (χ0v) is 12.7. The van der Waals surface area contributed by atoms with Crippen molar-refractivity contribution >= 4 is 21.6 Å². The third kappa shape index (κ3) is 3.51. The number of halogens is 1. The molecule has 0 radical (unpaired) electrons. The second-order valence-electron chi connectivity index (χ2n) is 5.22. The van der Waals surface area contributed by atoms with E-state index < -0.39 is 15.8 Å². The van der Waals surface area contributed by atoms with E-state index in [-0.39, 0.29) is 34.6 Å². The summed E-state index contributed by atoms with van der Waals surface area (Å²) in [6.07, 6.45) is 1.84. The van der Waals surface area contributed by atoms with E-state index in [0.29, 0.717) is 0 Å². The van der Waals surface area contributed by atoms with Gasteiger partial charge in [0.1, 0.15) is 5.82 Å². The van der Waals surface area contributed by atoms with Gasteiger partial charge in [-0.1, -0.05) is 0 Å². The van der Waals surface area contributed by atoms with E-state index >= 15 is 0 Å². The average molecular weight is 315 g/mol. The van der Waals surface area contributed by atoms with Gasteiger partial charge in [0.15, 0.2) is 0 Å². The zero-order valence-electron chi connectivity index (χ0n) is 11.9. The molecular weight excluding hydrogens is 297 g/mol. The Balaban J connectivity index is 2.18. The van der Waals surface area contributed by atoms with Crippen molar-refractivity contribution in [2.45, 2.75) is 30.7 Å². The van der Waals surface area contributed by atoms with Crippen molar-refractivity contribution in [3.05, 3.63) is 23.5 Å². The van der Waals surface area contributed by atoms with Crippen molar-refractivity contribution in [2.75, 3.05) is 19.3 Å². The second-order valence-corrected chi connectivity index (χ2v) is 7.27. The molecule has 0 atom stereocenters. The first-order chi connectivity index (χ1) is 9.71. The lowest BCUT2D eigenvalue weighted by atomic mass is 10.2. The number of hydrogen-bond acceptors (Lipinski definition) is 4. The molecule has 1 amide bonds. The van der Waals surface area contributed by atoms with Gasteiger partial charge in [0, 0.05) is 24.3 Å². The van der Waals surface area contributed by atoms with Gasteiger partial charge in [-0.3, -0.25) is 4.79 Å². The van der Waals surface area contributed by atoms with Gasteiger partial charge in [-0.25, -0.2) is 12.8 Å². The molecule has 1 aliphatic rings. The summed E-state index contributed by atoms with van der Waals surface area (Å²) in [5.41, 5.74) is 5.85. The molecule has 1 saturated carbocycles. The summed E-state index contributed by atoms with van der Waals surface area (Å²) < 4.78 is 39.1. The smallest absolute Gasteiger partial charge is 0.243 e. The number of likely N-dealkylation sites (N-methyl/N-ethyl adjacent to an activating group) is 1. The van der Waals surface area contributed by atoms with Crippen LogP contribution in [-0.4, -0.2) is 38.3 Å². The average Bonchev–Trinajstić information content (AvgIpc) is 3.18. The number of amides is 1. The number of carbonyl (C=O) groups is 1. The normalized spacial score (nSPS) is 15.2. The number of nitrogen functional groups attached to an aromatic ring is 1. The third-order valence-corrected chi connectivity index (χ3v) is 5.16. The Labute approximate surface area is 123 Å². The molecule has 0 spiro atoms. The Hall–Kier alpha value is -1.67. The molecule has 1 aliphatic carbocycles. The molecule has 0 bridgehead atoms. The molecule has 21 heavy (non-hydrogen) atoms. The minimum Gasteiger partial charge on any atom is -0.398 e. The zero-order chi connectivity index (χ0) is 15.8. The van der Waals surface area contributed by atoms with Crippen molar-refractivity contribution in [1.29, 1.82) is 0 Å². The van der Waals surface area contributed by atoms with Gasteiger partial charge in [-0.2, -0.15) is 4.31 Å². The number of sulfonamides is 1. The quantitative estimate of drug-likeness (QED) is 0.779. The van der Waals surface area contributed by atoms with Gasteiger partial charge in [-0.15, -0.1) is 0 Å². The van der Waals surface area contributed by atoms with Gasteiger partial charge >= 0.3 is 0 Å². The summed E-state index contributed by atoms with van der Waals surface area (Å²) in [6.45, 7) is 1.15. The molecule has 0 saturated heterocycles. The Morgan fingerprint density at radius 1 is 1.48 bits per heavy atom. The maximum Gasteiger partial charge on any atom is 0.243 e. The van der Waals surface area contributed by atoms with Crippen molar-refractivity contribution in [3.8, 4) is 0 Å². The molecule has 0 aliphatic heterocycles. The number of nitrogens with one attached hydrogen (secondary N) is 1. The first kappa shape index (κ1) is 15.7. The Bertz CT molecular complexity index is 648. The Morgan fingerprint density at radius 3 is 2.62 bits per heavy atom. The molecule has 6 nitrogen and oxygen atoms in total. The van der Waals surface area contributed by atoms with Crippen molar-refractivity contribution in [2.24, 2.45) is 0 Å². The van der Waals surface area contributed by atoms with E-state index in [1.807, 2.05) is 0 Å². The number of benzene rings is 1. The summed E-state index contributed by atoms with van der Waals surface area (Å²) in [7, 11) is -2.69. The van der Waals surface area contributed by atoms with Gasteiger partial charge in [0.05, 0.1) is 11.4 Å². The molecule has 3 N–H and O–H groups in total. The summed E-state index contributed by atoms with van der Waals surface area (Å²) in [5, 5.41) is 2.70. The van der Waals surface area contributed by atoms with Crippen molar-refractivity contribution < 1.29 is 17.6 Å². The number of nitrogens with two attached hydrogens (primary N) is 1. The number of anilines is 1. The van der Waals surface area contributed by atoms with Gasteiger partial charge < -0.3 is 11.1 Å². The van der Waals surface area contributed by atoms with Crippen molar-refractivity contribution in [1.82, 2.24) is 9.62 Å². The summed E-state index contributed by atoms with van der Waals surface area (Å²) in [6, 6.07) is 2.26. The lowest BCUT2D eigenvalue weighted by Gasteiger charge is -2.17. The van der Waals surface area contributed by atoms with Crippen LogP contribution in [0.15, 0.2) is 17.0 Å². The molecule has 1 aromatic rings. The highest BCUT2D eigenvalue weighted by Gasteiger charge is 2.28. The van der Waals surface area contributed by atoms with Crippen LogP contribution in [0.5, 0.6) is 0 Å². The predicted octanol–water partition coefficient (Wildman–Crippen LogP) is 0.615.